The highest BCUT2D eigenvalue weighted by Crippen LogP contribution is 2.28. The average molecular weight is 455 g/mol. The number of aromatic nitrogens is 1. The Morgan fingerprint density at radius 3 is 2.75 bits per heavy atom. The van der Waals surface area contributed by atoms with Crippen molar-refractivity contribution in [1.29, 1.82) is 0 Å². The zero-order chi connectivity index (χ0) is 22.8. The van der Waals surface area contributed by atoms with Gasteiger partial charge < -0.3 is 21.1 Å². The Kier molecular flexibility index (Phi) is 9.43. The van der Waals surface area contributed by atoms with Crippen molar-refractivity contribution < 1.29 is 9.53 Å². The highest BCUT2D eigenvalue weighted by molar-refractivity contribution is 7.80. The topological polar surface area (TPSA) is 89.3 Å². The minimum absolute atomic E-state index is 0.102. The van der Waals surface area contributed by atoms with Crippen molar-refractivity contribution in [3.05, 3.63) is 54.1 Å². The molecule has 1 aliphatic carbocycles. The summed E-state index contributed by atoms with van der Waals surface area (Å²) in [6.45, 7) is 2.90. The van der Waals surface area contributed by atoms with Gasteiger partial charge in [0.15, 0.2) is 6.10 Å². The van der Waals surface area contributed by atoms with Crippen LogP contribution < -0.4 is 21.1 Å². The standard InChI is InChI=1S/C25H34N4O2S/c1-18(24(30)27-15-14-19-8-4-2-5-9-19)31-25-23(28-16-21(26)17-32)13-12-22(29-25)20-10-6-3-7-11-20/h3,6-8,10-13,18,21,28,32H,2,4-5,9,14-17,26H2,1H3,(H,27,30)/t18-,21?/m1/s1. The number of carbonyl (C=O) groups is 1. The van der Waals surface area contributed by atoms with Crippen LogP contribution in [0.5, 0.6) is 5.88 Å². The van der Waals surface area contributed by atoms with Crippen LogP contribution in [-0.4, -0.2) is 41.9 Å². The Bertz CT molecular complexity index is 904. The Hall–Kier alpha value is -2.51. The summed E-state index contributed by atoms with van der Waals surface area (Å²) in [5, 5.41) is 6.26. The van der Waals surface area contributed by atoms with E-state index in [1.165, 1.54) is 18.4 Å². The largest absolute Gasteiger partial charge is 0.463 e. The molecule has 1 heterocycles. The quantitative estimate of drug-likeness (QED) is 0.302. The Morgan fingerprint density at radius 2 is 2.03 bits per heavy atom. The first-order chi connectivity index (χ1) is 15.6. The fourth-order valence-corrected chi connectivity index (χ4v) is 3.71. The maximum Gasteiger partial charge on any atom is 0.260 e. The predicted octanol–water partition coefficient (Wildman–Crippen LogP) is 4.19. The number of hydrogen-bond acceptors (Lipinski definition) is 6. The smallest absolute Gasteiger partial charge is 0.260 e. The molecule has 4 N–H and O–H groups in total. The summed E-state index contributed by atoms with van der Waals surface area (Å²) in [5.74, 6) is 0.801. The van der Waals surface area contributed by atoms with Gasteiger partial charge in [-0.05, 0) is 51.2 Å². The fourth-order valence-electron chi connectivity index (χ4n) is 3.58. The van der Waals surface area contributed by atoms with Crippen LogP contribution in [0.3, 0.4) is 0 Å². The van der Waals surface area contributed by atoms with Gasteiger partial charge in [-0.2, -0.15) is 12.6 Å². The number of rotatable bonds is 11. The zero-order valence-electron chi connectivity index (χ0n) is 18.7. The van der Waals surface area contributed by atoms with Crippen LogP contribution in [0.25, 0.3) is 11.3 Å². The molecule has 7 heteroatoms. The molecule has 1 aliphatic rings. The number of amides is 1. The molecule has 1 amide bonds. The predicted molar refractivity (Wildman–Crippen MR) is 134 cm³/mol. The highest BCUT2D eigenvalue weighted by Gasteiger charge is 2.18. The molecule has 1 aromatic carbocycles. The second kappa shape index (κ2) is 12.5. The molecule has 32 heavy (non-hydrogen) atoms. The lowest BCUT2D eigenvalue weighted by Crippen LogP contribution is -2.37. The SMILES string of the molecule is C[C@@H](Oc1nc(-c2ccccc2)ccc1NCC(N)CS)C(=O)NCCC1=CCCCC1. The first-order valence-corrected chi connectivity index (χ1v) is 12.0. The van der Waals surface area contributed by atoms with E-state index in [9.17, 15) is 4.79 Å². The number of allylic oxidation sites excluding steroid dienone is 1. The summed E-state index contributed by atoms with van der Waals surface area (Å²) >= 11 is 4.24. The normalized spacial score (nSPS) is 15.4. The van der Waals surface area contributed by atoms with Crippen LogP contribution in [0, 0.1) is 0 Å². The number of anilines is 1. The van der Waals surface area contributed by atoms with E-state index in [1.54, 1.807) is 6.92 Å². The Morgan fingerprint density at radius 1 is 1.22 bits per heavy atom. The van der Waals surface area contributed by atoms with Crippen LogP contribution in [-0.2, 0) is 4.79 Å². The van der Waals surface area contributed by atoms with Gasteiger partial charge in [-0.15, -0.1) is 0 Å². The molecule has 0 aliphatic heterocycles. The van der Waals surface area contributed by atoms with Crippen molar-refractivity contribution in [3.63, 3.8) is 0 Å². The lowest BCUT2D eigenvalue weighted by molar-refractivity contribution is -0.127. The van der Waals surface area contributed by atoms with Crippen LogP contribution in [0.4, 0.5) is 5.69 Å². The van der Waals surface area contributed by atoms with Gasteiger partial charge in [-0.3, -0.25) is 4.79 Å². The van der Waals surface area contributed by atoms with Gasteiger partial charge in [-0.1, -0.05) is 42.0 Å². The number of nitrogens with two attached hydrogens (primary N) is 1. The van der Waals surface area contributed by atoms with Crippen LogP contribution in [0.1, 0.15) is 39.0 Å². The van der Waals surface area contributed by atoms with E-state index >= 15 is 0 Å². The van der Waals surface area contributed by atoms with Crippen molar-refractivity contribution in [1.82, 2.24) is 10.3 Å². The third-order valence-electron chi connectivity index (χ3n) is 5.51. The van der Waals surface area contributed by atoms with E-state index in [-0.39, 0.29) is 11.9 Å². The molecule has 0 fully saturated rings. The van der Waals surface area contributed by atoms with Crippen molar-refractivity contribution >= 4 is 24.2 Å². The molecule has 2 aromatic rings. The Labute approximate surface area is 196 Å². The molecule has 0 saturated carbocycles. The fraction of sp³-hybridized carbons (Fsp3) is 0.440. The van der Waals surface area contributed by atoms with E-state index in [0.29, 0.717) is 30.4 Å². The number of nitrogens with zero attached hydrogens (tertiary/aromatic N) is 1. The van der Waals surface area contributed by atoms with E-state index < -0.39 is 6.10 Å². The number of benzene rings is 1. The third kappa shape index (κ3) is 7.28. The van der Waals surface area contributed by atoms with Crippen LogP contribution >= 0.6 is 12.6 Å². The lowest BCUT2D eigenvalue weighted by atomic mass is 9.97. The van der Waals surface area contributed by atoms with E-state index in [0.717, 1.165) is 30.5 Å². The monoisotopic (exact) mass is 454 g/mol. The second-order valence-corrected chi connectivity index (χ2v) is 8.51. The first kappa shape index (κ1) is 24.1. The molecule has 6 nitrogen and oxygen atoms in total. The second-order valence-electron chi connectivity index (χ2n) is 8.15. The summed E-state index contributed by atoms with van der Waals surface area (Å²) < 4.78 is 6.02. The van der Waals surface area contributed by atoms with Gasteiger partial charge in [-0.25, -0.2) is 4.98 Å². The number of carbonyl (C=O) groups excluding carboxylic acids is 1. The van der Waals surface area contributed by atoms with Gasteiger partial charge in [0.1, 0.15) is 0 Å². The van der Waals surface area contributed by atoms with Crippen molar-refractivity contribution in [3.8, 4) is 17.1 Å². The lowest BCUT2D eigenvalue weighted by Gasteiger charge is -2.19. The van der Waals surface area contributed by atoms with Gasteiger partial charge in [0.25, 0.3) is 5.91 Å². The molecular weight excluding hydrogens is 420 g/mol. The number of thiol groups is 1. The van der Waals surface area contributed by atoms with Crippen molar-refractivity contribution in [2.75, 3.05) is 24.2 Å². The molecular formula is C25H34N4O2S. The van der Waals surface area contributed by atoms with Gasteiger partial charge in [0, 0.05) is 30.4 Å². The van der Waals surface area contributed by atoms with Gasteiger partial charge >= 0.3 is 0 Å². The summed E-state index contributed by atoms with van der Waals surface area (Å²) in [4.78, 5) is 17.3. The maximum absolute atomic E-state index is 12.6. The summed E-state index contributed by atoms with van der Waals surface area (Å²) in [5.41, 5.74) is 9.89. The van der Waals surface area contributed by atoms with Crippen molar-refractivity contribution in [2.45, 2.75) is 51.2 Å². The molecule has 0 spiro atoms. The number of pyridine rings is 1. The summed E-state index contributed by atoms with van der Waals surface area (Å²) in [7, 11) is 0. The minimum Gasteiger partial charge on any atom is -0.463 e. The number of ether oxygens (including phenoxy) is 1. The zero-order valence-corrected chi connectivity index (χ0v) is 19.6. The molecule has 2 atom stereocenters. The molecule has 1 aromatic heterocycles. The Balaban J connectivity index is 1.66. The summed E-state index contributed by atoms with van der Waals surface area (Å²) in [6, 6.07) is 13.6. The summed E-state index contributed by atoms with van der Waals surface area (Å²) in [6.07, 6.45) is 7.34. The van der Waals surface area contributed by atoms with Crippen LogP contribution in [0.2, 0.25) is 0 Å². The van der Waals surface area contributed by atoms with Crippen LogP contribution in [0.15, 0.2) is 54.1 Å². The molecule has 0 radical (unpaired) electrons. The molecule has 0 bridgehead atoms. The molecule has 3 rings (SSSR count). The van der Waals surface area contributed by atoms with E-state index in [1.807, 2.05) is 42.5 Å². The maximum atomic E-state index is 12.6. The highest BCUT2D eigenvalue weighted by atomic mass is 32.1. The van der Waals surface area contributed by atoms with E-state index in [4.69, 9.17) is 10.5 Å². The average Bonchev–Trinajstić information content (AvgIpc) is 2.84. The molecule has 1 unspecified atom stereocenters. The van der Waals surface area contributed by atoms with Gasteiger partial charge in [0.2, 0.25) is 5.88 Å². The number of nitrogens with one attached hydrogen (secondary N) is 2. The van der Waals surface area contributed by atoms with E-state index in [2.05, 4.69) is 34.3 Å². The van der Waals surface area contributed by atoms with Crippen molar-refractivity contribution in [2.24, 2.45) is 5.73 Å². The minimum atomic E-state index is -0.673. The molecule has 172 valence electrons. The number of hydrogen-bond donors (Lipinski definition) is 4. The third-order valence-corrected chi connectivity index (χ3v) is 5.98. The molecule has 0 saturated heterocycles. The van der Waals surface area contributed by atoms with Gasteiger partial charge in [0.05, 0.1) is 11.4 Å². The first-order valence-electron chi connectivity index (χ1n) is 11.4.